The second-order valence-electron chi connectivity index (χ2n) is 8.25. The molecule has 0 aliphatic carbocycles. The van der Waals surface area contributed by atoms with E-state index in [1.807, 2.05) is 18.2 Å². The van der Waals surface area contributed by atoms with Gasteiger partial charge in [-0.15, -0.1) is 0 Å². The van der Waals surface area contributed by atoms with Gasteiger partial charge in [0.15, 0.2) is 0 Å². The summed E-state index contributed by atoms with van der Waals surface area (Å²) in [4.78, 5) is 2.28. The molecular weight excluding hydrogens is 417 g/mol. The number of aromatic nitrogens is 1. The fraction of sp³-hybridized carbons (Fsp3) is 0.400. The van der Waals surface area contributed by atoms with Crippen LogP contribution in [0.5, 0.6) is 0 Å². The predicted octanol–water partition coefficient (Wildman–Crippen LogP) is 7.23. The second-order valence-corrected chi connectivity index (χ2v) is 9.06. The Balaban J connectivity index is 1.81. The van der Waals surface area contributed by atoms with Gasteiger partial charge in [-0.1, -0.05) is 49.8 Å². The Hall–Kier alpha value is -2.36. The van der Waals surface area contributed by atoms with Gasteiger partial charge in [-0.2, -0.15) is 17.5 Å². The van der Waals surface area contributed by atoms with Crippen molar-refractivity contribution in [2.75, 3.05) is 13.6 Å². The van der Waals surface area contributed by atoms with Crippen molar-refractivity contribution in [3.8, 4) is 23.1 Å². The maximum Gasteiger partial charge on any atom is 0.416 e. The molecule has 164 valence electrons. The zero-order valence-corrected chi connectivity index (χ0v) is 19.1. The number of nitrogens with zero attached hydrogens (tertiary/aromatic N) is 2. The molecule has 31 heavy (non-hydrogen) atoms. The van der Waals surface area contributed by atoms with Crippen LogP contribution in [0.3, 0.4) is 0 Å². The summed E-state index contributed by atoms with van der Waals surface area (Å²) < 4.78 is 43.9. The Morgan fingerprint density at radius 2 is 1.74 bits per heavy atom. The van der Waals surface area contributed by atoms with Crippen molar-refractivity contribution in [1.82, 2.24) is 9.27 Å². The van der Waals surface area contributed by atoms with E-state index in [-0.39, 0.29) is 5.54 Å². The molecule has 0 atom stereocenters. The molecule has 0 unspecified atom stereocenters. The molecule has 2 aromatic carbocycles. The number of hydrogen-bond acceptors (Lipinski definition) is 3. The van der Waals surface area contributed by atoms with Crippen molar-refractivity contribution in [2.24, 2.45) is 0 Å². The zero-order valence-electron chi connectivity index (χ0n) is 18.3. The summed E-state index contributed by atoms with van der Waals surface area (Å²) in [5.74, 6) is 6.66. The van der Waals surface area contributed by atoms with Gasteiger partial charge >= 0.3 is 6.18 Å². The van der Waals surface area contributed by atoms with Crippen LogP contribution in [-0.2, 0) is 6.18 Å². The predicted molar refractivity (Wildman–Crippen MR) is 123 cm³/mol. The van der Waals surface area contributed by atoms with Gasteiger partial charge in [-0.05, 0) is 69.7 Å². The van der Waals surface area contributed by atoms with E-state index in [2.05, 4.69) is 48.9 Å². The van der Waals surface area contributed by atoms with Crippen molar-refractivity contribution >= 4 is 21.6 Å². The lowest BCUT2D eigenvalue weighted by Crippen LogP contribution is -2.40. The molecule has 0 saturated heterocycles. The van der Waals surface area contributed by atoms with Gasteiger partial charge in [0, 0.05) is 16.5 Å². The van der Waals surface area contributed by atoms with Crippen LogP contribution in [-0.4, -0.2) is 28.4 Å². The first-order valence-corrected chi connectivity index (χ1v) is 11.2. The molecule has 0 saturated carbocycles. The molecule has 0 bridgehead atoms. The van der Waals surface area contributed by atoms with Crippen LogP contribution in [0.1, 0.15) is 51.2 Å². The second kappa shape index (κ2) is 9.42. The highest BCUT2D eigenvalue weighted by molar-refractivity contribution is 7.13. The average molecular weight is 445 g/mol. The summed E-state index contributed by atoms with van der Waals surface area (Å²) in [5, 5.41) is 0.922. The highest BCUT2D eigenvalue weighted by Crippen LogP contribution is 2.34. The van der Waals surface area contributed by atoms with Crippen molar-refractivity contribution in [3.63, 3.8) is 0 Å². The Morgan fingerprint density at radius 1 is 1.03 bits per heavy atom. The van der Waals surface area contributed by atoms with E-state index in [4.69, 9.17) is 0 Å². The van der Waals surface area contributed by atoms with Crippen LogP contribution in [0, 0.1) is 11.8 Å². The van der Waals surface area contributed by atoms with Crippen LogP contribution in [0.2, 0.25) is 0 Å². The quantitative estimate of drug-likeness (QED) is 0.294. The third-order valence-electron chi connectivity index (χ3n) is 5.52. The van der Waals surface area contributed by atoms with Gasteiger partial charge in [0.25, 0.3) is 0 Å². The fourth-order valence-corrected chi connectivity index (χ4v) is 4.08. The van der Waals surface area contributed by atoms with Crippen molar-refractivity contribution in [2.45, 2.75) is 51.7 Å². The summed E-state index contributed by atoms with van der Waals surface area (Å²) in [6.45, 7) is 7.46. The summed E-state index contributed by atoms with van der Waals surface area (Å²) in [6, 6.07) is 11.0. The van der Waals surface area contributed by atoms with Gasteiger partial charge in [0.05, 0.1) is 21.5 Å². The third kappa shape index (κ3) is 5.66. The van der Waals surface area contributed by atoms with Gasteiger partial charge in [-0.25, -0.2) is 0 Å². The number of halogens is 3. The van der Waals surface area contributed by atoms with Gasteiger partial charge in [-0.3, -0.25) is 4.90 Å². The van der Waals surface area contributed by atoms with Crippen molar-refractivity contribution in [3.05, 3.63) is 53.6 Å². The lowest BCUT2D eigenvalue weighted by molar-refractivity contribution is -0.137. The molecule has 3 rings (SSSR count). The van der Waals surface area contributed by atoms with Crippen LogP contribution >= 0.6 is 11.5 Å². The fourth-order valence-electron chi connectivity index (χ4n) is 3.24. The van der Waals surface area contributed by atoms with Crippen molar-refractivity contribution in [1.29, 1.82) is 0 Å². The minimum atomic E-state index is -4.34. The van der Waals surface area contributed by atoms with Crippen LogP contribution in [0.25, 0.3) is 21.3 Å². The van der Waals surface area contributed by atoms with Crippen molar-refractivity contribution < 1.29 is 13.2 Å². The van der Waals surface area contributed by atoms with Crippen LogP contribution in [0.15, 0.2) is 42.5 Å². The summed E-state index contributed by atoms with van der Waals surface area (Å²) in [7, 11) is 2.10. The van der Waals surface area contributed by atoms with Gasteiger partial charge in [0.2, 0.25) is 0 Å². The number of benzene rings is 2. The molecule has 6 heteroatoms. The highest BCUT2D eigenvalue weighted by atomic mass is 32.1. The molecule has 1 heterocycles. The SMILES string of the molecule is CCCCCN(C)C(C)(C)C#Cc1ccc2c(-c3ccc(C(F)(F)F)cc3)nsc2c1. The first-order valence-electron chi connectivity index (χ1n) is 10.4. The smallest absolute Gasteiger partial charge is 0.291 e. The minimum absolute atomic E-state index is 0.234. The van der Waals surface area contributed by atoms with Gasteiger partial charge < -0.3 is 0 Å². The summed E-state index contributed by atoms with van der Waals surface area (Å²) in [6.07, 6.45) is -0.758. The monoisotopic (exact) mass is 444 g/mol. The summed E-state index contributed by atoms with van der Waals surface area (Å²) >= 11 is 1.34. The standard InChI is InChI=1S/C25H27F3N2S/c1-5-6-7-16-30(4)24(2,3)15-14-18-8-13-21-22(17-18)31-29-23(21)19-9-11-20(12-10-19)25(26,27)28/h8-13,17H,5-7,16H2,1-4H3. The largest absolute Gasteiger partial charge is 0.416 e. The topological polar surface area (TPSA) is 16.1 Å². The van der Waals surface area contributed by atoms with E-state index in [1.165, 1.54) is 36.5 Å². The molecule has 3 aromatic rings. The van der Waals surface area contributed by atoms with Crippen LogP contribution in [0.4, 0.5) is 13.2 Å². The third-order valence-corrected chi connectivity index (χ3v) is 6.33. The first-order chi connectivity index (χ1) is 14.6. The Kier molecular flexibility index (Phi) is 7.08. The van der Waals surface area contributed by atoms with Gasteiger partial charge in [0.1, 0.15) is 0 Å². The molecule has 1 aromatic heterocycles. The maximum absolute atomic E-state index is 12.8. The molecule has 0 radical (unpaired) electrons. The molecule has 0 fully saturated rings. The molecule has 0 amide bonds. The van der Waals surface area contributed by atoms with E-state index in [0.29, 0.717) is 11.3 Å². The van der Waals surface area contributed by atoms with Crippen LogP contribution < -0.4 is 0 Å². The molecule has 0 N–H and O–H groups in total. The average Bonchev–Trinajstić information content (AvgIpc) is 3.15. The Morgan fingerprint density at radius 3 is 2.39 bits per heavy atom. The minimum Gasteiger partial charge on any atom is -0.291 e. The number of rotatable bonds is 6. The molecule has 0 spiro atoms. The molecule has 2 nitrogen and oxygen atoms in total. The number of fused-ring (bicyclic) bond motifs is 1. The molecular formula is C25H27F3N2S. The number of unbranched alkanes of at least 4 members (excludes halogenated alkanes) is 2. The lowest BCUT2D eigenvalue weighted by Gasteiger charge is -2.30. The lowest BCUT2D eigenvalue weighted by atomic mass is 10.0. The first kappa shape index (κ1) is 23.3. The Bertz CT molecular complexity index is 1090. The van der Waals surface area contributed by atoms with E-state index < -0.39 is 11.7 Å². The molecule has 0 aliphatic heterocycles. The van der Waals surface area contributed by atoms with E-state index in [9.17, 15) is 13.2 Å². The van der Waals surface area contributed by atoms with E-state index in [1.54, 1.807) is 0 Å². The van der Waals surface area contributed by atoms with E-state index in [0.717, 1.165) is 40.7 Å². The normalized spacial score (nSPS) is 12.3. The number of hydrogen-bond donors (Lipinski definition) is 0. The zero-order chi connectivity index (χ0) is 22.6. The Labute approximate surface area is 186 Å². The number of alkyl halides is 3. The maximum atomic E-state index is 12.8. The summed E-state index contributed by atoms with van der Waals surface area (Å²) in [5.41, 5.74) is 1.39. The van der Waals surface area contributed by atoms with E-state index >= 15 is 0 Å². The molecule has 0 aliphatic rings. The highest BCUT2D eigenvalue weighted by Gasteiger charge is 2.30.